The Morgan fingerprint density at radius 3 is 2.53 bits per heavy atom. The molecular weight excluding hydrogens is 354 g/mol. The van der Waals surface area contributed by atoms with Crippen LogP contribution in [-0.2, 0) is 9.05 Å². The van der Waals surface area contributed by atoms with Gasteiger partial charge >= 0.3 is 0 Å². The molecule has 4 nitrogen and oxygen atoms in total. The van der Waals surface area contributed by atoms with E-state index in [9.17, 15) is 13.2 Å². The molecule has 1 amide bonds. The van der Waals surface area contributed by atoms with Crippen molar-refractivity contribution in [3.05, 3.63) is 27.7 Å². The average Bonchev–Trinajstić information content (AvgIpc) is 2.25. The molecule has 1 aromatic rings. The highest BCUT2D eigenvalue weighted by molar-refractivity contribution is 9.10. The summed E-state index contributed by atoms with van der Waals surface area (Å²) >= 11 is 3.25. The molecule has 0 aromatic heterocycles. The lowest BCUT2D eigenvalue weighted by Crippen LogP contribution is -2.39. The highest BCUT2D eigenvalue weighted by atomic mass is 79.9. The minimum Gasteiger partial charge on any atom is -0.349 e. The molecule has 0 aliphatic heterocycles. The molecule has 7 heteroatoms. The second kappa shape index (κ2) is 5.42. The number of amides is 1. The van der Waals surface area contributed by atoms with E-state index in [4.69, 9.17) is 10.7 Å². The van der Waals surface area contributed by atoms with Crippen LogP contribution in [0.5, 0.6) is 0 Å². The van der Waals surface area contributed by atoms with Gasteiger partial charge in [0.15, 0.2) is 0 Å². The van der Waals surface area contributed by atoms with E-state index in [1.807, 2.05) is 0 Å². The van der Waals surface area contributed by atoms with Crippen LogP contribution in [0.1, 0.15) is 35.2 Å². The molecule has 0 heterocycles. The van der Waals surface area contributed by atoms with Crippen LogP contribution in [0.25, 0.3) is 0 Å². The molecule has 19 heavy (non-hydrogen) atoms. The molecule has 1 aromatic carbocycles. The van der Waals surface area contributed by atoms with E-state index in [-0.39, 0.29) is 16.8 Å². The third-order valence-electron chi connectivity index (χ3n) is 3.28. The Bertz CT molecular complexity index is 626. The predicted molar refractivity (Wildman–Crippen MR) is 77.0 cm³/mol. The van der Waals surface area contributed by atoms with Crippen molar-refractivity contribution in [2.75, 3.05) is 0 Å². The summed E-state index contributed by atoms with van der Waals surface area (Å²) in [7, 11) is 1.47. The summed E-state index contributed by atoms with van der Waals surface area (Å²) in [6.45, 7) is 1.75. The number of hydrogen-bond donors (Lipinski definition) is 1. The van der Waals surface area contributed by atoms with E-state index in [0.29, 0.717) is 15.6 Å². The van der Waals surface area contributed by atoms with Gasteiger partial charge in [-0.15, -0.1) is 0 Å². The maximum Gasteiger partial charge on any atom is 0.261 e. The summed E-state index contributed by atoms with van der Waals surface area (Å²) in [5.74, 6) is -0.259. The maximum absolute atomic E-state index is 12.1. The molecule has 0 unspecified atom stereocenters. The monoisotopic (exact) mass is 365 g/mol. The number of carbonyl (C=O) groups excluding carboxylic acids is 1. The summed E-state index contributed by atoms with van der Waals surface area (Å²) in [6.07, 6.45) is 3.06. The Labute approximate surface area is 125 Å². The van der Waals surface area contributed by atoms with Gasteiger partial charge < -0.3 is 5.32 Å². The second-order valence-electron chi connectivity index (χ2n) is 4.62. The average molecular weight is 367 g/mol. The SMILES string of the molecule is Cc1c(Br)cc(S(=O)(=O)Cl)cc1C(=O)NC1CCC1. The third-order valence-corrected chi connectivity index (χ3v) is 5.44. The first-order chi connectivity index (χ1) is 8.79. The van der Waals surface area contributed by atoms with Crippen LogP contribution in [0.2, 0.25) is 0 Å². The van der Waals surface area contributed by atoms with Crippen LogP contribution >= 0.6 is 26.6 Å². The van der Waals surface area contributed by atoms with Crippen molar-refractivity contribution in [1.82, 2.24) is 5.32 Å². The van der Waals surface area contributed by atoms with Crippen LogP contribution in [0.3, 0.4) is 0 Å². The molecule has 1 aliphatic rings. The van der Waals surface area contributed by atoms with Crippen molar-refractivity contribution in [3.63, 3.8) is 0 Å². The van der Waals surface area contributed by atoms with Gasteiger partial charge in [0.1, 0.15) is 0 Å². The van der Waals surface area contributed by atoms with E-state index in [0.717, 1.165) is 19.3 Å². The van der Waals surface area contributed by atoms with E-state index >= 15 is 0 Å². The van der Waals surface area contributed by atoms with Crippen molar-refractivity contribution in [2.24, 2.45) is 0 Å². The molecule has 0 radical (unpaired) electrons. The summed E-state index contributed by atoms with van der Waals surface area (Å²) in [5, 5.41) is 2.88. The number of benzene rings is 1. The first-order valence-electron chi connectivity index (χ1n) is 5.84. The van der Waals surface area contributed by atoms with E-state index in [1.54, 1.807) is 6.92 Å². The fourth-order valence-electron chi connectivity index (χ4n) is 1.85. The Balaban J connectivity index is 2.37. The van der Waals surface area contributed by atoms with E-state index in [1.165, 1.54) is 12.1 Å². The molecule has 0 atom stereocenters. The number of halogens is 2. The number of rotatable bonds is 3. The van der Waals surface area contributed by atoms with Gasteiger partial charge in [-0.05, 0) is 43.9 Å². The molecule has 1 saturated carbocycles. The van der Waals surface area contributed by atoms with Crippen LogP contribution in [0.4, 0.5) is 0 Å². The molecule has 1 aliphatic carbocycles. The summed E-state index contributed by atoms with van der Waals surface area (Å²) in [5.41, 5.74) is 1.03. The first-order valence-corrected chi connectivity index (χ1v) is 8.95. The number of nitrogens with one attached hydrogen (secondary N) is 1. The Morgan fingerprint density at radius 2 is 2.05 bits per heavy atom. The standard InChI is InChI=1S/C12H13BrClNO3S/c1-7-10(12(16)15-8-3-2-4-8)5-9(6-11(7)13)19(14,17)18/h5-6,8H,2-4H2,1H3,(H,15,16). The van der Waals surface area contributed by atoms with E-state index < -0.39 is 9.05 Å². The Kier molecular flexibility index (Phi) is 4.23. The summed E-state index contributed by atoms with van der Waals surface area (Å²) in [4.78, 5) is 12.1. The molecule has 104 valence electrons. The number of carbonyl (C=O) groups is 1. The van der Waals surface area contributed by atoms with Gasteiger partial charge in [-0.2, -0.15) is 0 Å². The van der Waals surface area contributed by atoms with Crippen LogP contribution in [0.15, 0.2) is 21.5 Å². The molecule has 2 rings (SSSR count). The van der Waals surface area contributed by atoms with Crippen molar-refractivity contribution in [3.8, 4) is 0 Å². The lowest BCUT2D eigenvalue weighted by molar-refractivity contribution is 0.0916. The van der Waals surface area contributed by atoms with Crippen LogP contribution in [0, 0.1) is 6.92 Å². The fourth-order valence-corrected chi connectivity index (χ4v) is 3.24. The van der Waals surface area contributed by atoms with Gasteiger partial charge in [0.25, 0.3) is 15.0 Å². The predicted octanol–water partition coefficient (Wildman–Crippen LogP) is 2.97. The molecule has 0 spiro atoms. The minimum absolute atomic E-state index is 0.0783. The number of hydrogen-bond acceptors (Lipinski definition) is 3. The summed E-state index contributed by atoms with van der Waals surface area (Å²) in [6, 6.07) is 2.91. The van der Waals surface area contributed by atoms with Gasteiger partial charge in [-0.25, -0.2) is 8.42 Å². The molecule has 0 bridgehead atoms. The van der Waals surface area contributed by atoms with Crippen molar-refractivity contribution in [1.29, 1.82) is 0 Å². The Morgan fingerprint density at radius 1 is 1.42 bits per heavy atom. The van der Waals surface area contributed by atoms with Gasteiger partial charge in [-0.3, -0.25) is 4.79 Å². The highest BCUT2D eigenvalue weighted by Crippen LogP contribution is 2.27. The summed E-state index contributed by atoms with van der Waals surface area (Å²) < 4.78 is 23.3. The zero-order valence-corrected chi connectivity index (χ0v) is 13.4. The normalized spacial score (nSPS) is 15.9. The quantitative estimate of drug-likeness (QED) is 0.837. The second-order valence-corrected chi connectivity index (χ2v) is 8.04. The topological polar surface area (TPSA) is 63.2 Å². The maximum atomic E-state index is 12.1. The van der Waals surface area contributed by atoms with Gasteiger partial charge in [0.05, 0.1) is 4.90 Å². The third kappa shape index (κ3) is 3.30. The highest BCUT2D eigenvalue weighted by Gasteiger charge is 2.23. The van der Waals surface area contributed by atoms with E-state index in [2.05, 4.69) is 21.2 Å². The van der Waals surface area contributed by atoms with Crippen molar-refractivity contribution >= 4 is 41.6 Å². The smallest absolute Gasteiger partial charge is 0.261 e. The van der Waals surface area contributed by atoms with Crippen molar-refractivity contribution < 1.29 is 13.2 Å². The van der Waals surface area contributed by atoms with Gasteiger partial charge in [0, 0.05) is 26.8 Å². The van der Waals surface area contributed by atoms with Gasteiger partial charge in [-0.1, -0.05) is 15.9 Å². The minimum atomic E-state index is -3.86. The molecule has 1 N–H and O–H groups in total. The zero-order valence-electron chi connectivity index (χ0n) is 10.2. The Hall–Kier alpha value is -0.590. The molecule has 1 fully saturated rings. The largest absolute Gasteiger partial charge is 0.349 e. The lowest BCUT2D eigenvalue weighted by Gasteiger charge is -2.26. The molecule has 0 saturated heterocycles. The van der Waals surface area contributed by atoms with Crippen LogP contribution in [-0.4, -0.2) is 20.4 Å². The van der Waals surface area contributed by atoms with Crippen LogP contribution < -0.4 is 5.32 Å². The van der Waals surface area contributed by atoms with Crippen molar-refractivity contribution in [2.45, 2.75) is 37.1 Å². The zero-order chi connectivity index (χ0) is 14.2. The first kappa shape index (κ1) is 14.8. The lowest BCUT2D eigenvalue weighted by atomic mass is 9.92. The molecular formula is C12H13BrClNO3S. The van der Waals surface area contributed by atoms with Gasteiger partial charge in [0.2, 0.25) is 0 Å². The fraction of sp³-hybridized carbons (Fsp3) is 0.417.